The normalized spacial score (nSPS) is 18.4. The van der Waals surface area contributed by atoms with Crippen molar-refractivity contribution in [3.63, 3.8) is 0 Å². The van der Waals surface area contributed by atoms with Crippen molar-refractivity contribution in [1.82, 2.24) is 15.5 Å². The number of nitrogens with one attached hydrogen (secondary N) is 1. The van der Waals surface area contributed by atoms with Crippen LogP contribution in [-0.4, -0.2) is 30.3 Å². The van der Waals surface area contributed by atoms with Crippen molar-refractivity contribution >= 4 is 5.95 Å². The Hall–Kier alpha value is -1.10. The second-order valence-electron chi connectivity index (χ2n) is 3.88. The minimum atomic E-state index is 0.175. The third kappa shape index (κ3) is 2.12. The number of rotatable bonds is 4. The molecule has 1 fully saturated rings. The molecular formula is C10H18N4O. The van der Waals surface area contributed by atoms with Crippen LogP contribution in [0.3, 0.4) is 0 Å². The van der Waals surface area contributed by atoms with Crippen LogP contribution in [0, 0.1) is 0 Å². The molecule has 5 nitrogen and oxygen atoms in total. The average molecular weight is 210 g/mol. The van der Waals surface area contributed by atoms with Crippen molar-refractivity contribution in [2.75, 3.05) is 25.0 Å². The van der Waals surface area contributed by atoms with Crippen LogP contribution in [0.5, 0.6) is 0 Å². The Morgan fingerprint density at radius 2 is 2.20 bits per heavy atom. The summed E-state index contributed by atoms with van der Waals surface area (Å²) in [5, 5.41) is 7.17. The van der Waals surface area contributed by atoms with Crippen LogP contribution in [0.4, 0.5) is 5.95 Å². The van der Waals surface area contributed by atoms with E-state index in [0.29, 0.717) is 5.89 Å². The van der Waals surface area contributed by atoms with E-state index in [1.807, 2.05) is 7.05 Å². The molecule has 0 saturated carbocycles. The molecular weight excluding hydrogens is 192 g/mol. The summed E-state index contributed by atoms with van der Waals surface area (Å²) < 4.78 is 5.26. The van der Waals surface area contributed by atoms with Crippen LogP contribution in [0.1, 0.15) is 38.1 Å². The summed E-state index contributed by atoms with van der Waals surface area (Å²) in [5.41, 5.74) is 0. The molecule has 1 N–H and O–H groups in total. The number of hydrogen-bond donors (Lipinski definition) is 1. The SMILES string of the molecule is CCC(NC)c1nc(N2CCCC2)no1. The highest BCUT2D eigenvalue weighted by Crippen LogP contribution is 2.20. The van der Waals surface area contributed by atoms with Crippen LogP contribution in [-0.2, 0) is 0 Å². The van der Waals surface area contributed by atoms with Gasteiger partial charge in [-0.2, -0.15) is 4.98 Å². The smallest absolute Gasteiger partial charge is 0.266 e. The summed E-state index contributed by atoms with van der Waals surface area (Å²) in [7, 11) is 1.91. The Bertz CT molecular complexity index is 286. The fraction of sp³-hybridized carbons (Fsp3) is 0.800. The van der Waals surface area contributed by atoms with Crippen LogP contribution in [0.25, 0.3) is 0 Å². The lowest BCUT2D eigenvalue weighted by Crippen LogP contribution is -2.19. The van der Waals surface area contributed by atoms with Gasteiger partial charge in [-0.25, -0.2) is 0 Å². The predicted octanol–water partition coefficient (Wildman–Crippen LogP) is 1.34. The monoisotopic (exact) mass is 210 g/mol. The van der Waals surface area contributed by atoms with Crippen molar-refractivity contribution < 1.29 is 4.52 Å². The van der Waals surface area contributed by atoms with Crippen LogP contribution in [0.2, 0.25) is 0 Å². The van der Waals surface area contributed by atoms with E-state index in [0.717, 1.165) is 25.5 Å². The van der Waals surface area contributed by atoms with Gasteiger partial charge in [-0.05, 0) is 31.5 Å². The first-order valence-electron chi connectivity index (χ1n) is 5.61. The zero-order valence-electron chi connectivity index (χ0n) is 9.36. The maximum Gasteiger partial charge on any atom is 0.266 e. The first-order valence-corrected chi connectivity index (χ1v) is 5.61. The standard InChI is InChI=1S/C10H18N4O/c1-3-8(11-2)9-12-10(13-15-9)14-6-4-5-7-14/h8,11H,3-7H2,1-2H3. The Morgan fingerprint density at radius 3 is 2.80 bits per heavy atom. The Labute approximate surface area is 89.8 Å². The van der Waals surface area contributed by atoms with Gasteiger partial charge in [0.1, 0.15) is 0 Å². The van der Waals surface area contributed by atoms with Gasteiger partial charge in [0.25, 0.3) is 5.95 Å². The molecule has 0 radical (unpaired) electrons. The third-order valence-corrected chi connectivity index (χ3v) is 2.87. The molecule has 2 rings (SSSR count). The van der Waals surface area contributed by atoms with E-state index in [-0.39, 0.29) is 6.04 Å². The van der Waals surface area contributed by atoms with Crippen molar-refractivity contribution in [2.24, 2.45) is 0 Å². The van der Waals surface area contributed by atoms with Crippen LogP contribution >= 0.6 is 0 Å². The van der Waals surface area contributed by atoms with E-state index in [1.54, 1.807) is 0 Å². The van der Waals surface area contributed by atoms with Gasteiger partial charge in [-0.3, -0.25) is 0 Å². The number of anilines is 1. The van der Waals surface area contributed by atoms with Gasteiger partial charge in [0.05, 0.1) is 6.04 Å². The van der Waals surface area contributed by atoms with Crippen molar-refractivity contribution in [1.29, 1.82) is 0 Å². The summed E-state index contributed by atoms with van der Waals surface area (Å²) in [5.74, 6) is 1.44. The number of aromatic nitrogens is 2. The Kier molecular flexibility index (Phi) is 3.20. The van der Waals surface area contributed by atoms with Gasteiger partial charge in [0, 0.05) is 13.1 Å². The fourth-order valence-corrected chi connectivity index (χ4v) is 1.92. The zero-order valence-corrected chi connectivity index (χ0v) is 9.36. The van der Waals surface area contributed by atoms with E-state index in [2.05, 4.69) is 27.3 Å². The van der Waals surface area contributed by atoms with Gasteiger partial charge >= 0.3 is 0 Å². The first kappa shape index (κ1) is 10.4. The molecule has 0 bridgehead atoms. The van der Waals surface area contributed by atoms with Crippen LogP contribution in [0.15, 0.2) is 4.52 Å². The fourth-order valence-electron chi connectivity index (χ4n) is 1.92. The van der Waals surface area contributed by atoms with Gasteiger partial charge in [-0.15, -0.1) is 0 Å². The minimum Gasteiger partial charge on any atom is -0.338 e. The lowest BCUT2D eigenvalue weighted by Gasteiger charge is -2.10. The van der Waals surface area contributed by atoms with E-state index < -0.39 is 0 Å². The molecule has 1 aromatic rings. The molecule has 15 heavy (non-hydrogen) atoms. The molecule has 0 aromatic carbocycles. The summed E-state index contributed by atoms with van der Waals surface area (Å²) in [4.78, 5) is 6.60. The Balaban J connectivity index is 2.08. The summed E-state index contributed by atoms with van der Waals surface area (Å²) >= 11 is 0. The first-order chi connectivity index (χ1) is 7.35. The second-order valence-corrected chi connectivity index (χ2v) is 3.88. The van der Waals surface area contributed by atoms with E-state index in [1.165, 1.54) is 12.8 Å². The van der Waals surface area contributed by atoms with Crippen LogP contribution < -0.4 is 10.2 Å². The molecule has 84 valence electrons. The van der Waals surface area contributed by atoms with Gasteiger partial charge < -0.3 is 14.7 Å². The molecule has 1 aromatic heterocycles. The molecule has 0 amide bonds. The molecule has 1 aliphatic heterocycles. The van der Waals surface area contributed by atoms with Gasteiger partial charge in [0.2, 0.25) is 5.89 Å². The Morgan fingerprint density at radius 1 is 1.47 bits per heavy atom. The molecule has 0 spiro atoms. The number of nitrogens with zero attached hydrogens (tertiary/aromatic N) is 3. The van der Waals surface area contributed by atoms with Crippen molar-refractivity contribution in [3.8, 4) is 0 Å². The predicted molar refractivity (Wildman–Crippen MR) is 57.8 cm³/mol. The topological polar surface area (TPSA) is 54.2 Å². The van der Waals surface area contributed by atoms with Gasteiger partial charge in [0.15, 0.2) is 0 Å². The highest BCUT2D eigenvalue weighted by atomic mass is 16.5. The summed E-state index contributed by atoms with van der Waals surface area (Å²) in [6.45, 7) is 4.20. The molecule has 1 atom stereocenters. The summed E-state index contributed by atoms with van der Waals surface area (Å²) in [6.07, 6.45) is 3.42. The lowest BCUT2D eigenvalue weighted by atomic mass is 10.2. The molecule has 1 aliphatic rings. The molecule has 5 heteroatoms. The third-order valence-electron chi connectivity index (χ3n) is 2.87. The van der Waals surface area contributed by atoms with E-state index in [9.17, 15) is 0 Å². The average Bonchev–Trinajstić information content (AvgIpc) is 2.89. The molecule has 1 unspecified atom stereocenters. The second kappa shape index (κ2) is 4.61. The van der Waals surface area contributed by atoms with Crippen molar-refractivity contribution in [3.05, 3.63) is 5.89 Å². The number of hydrogen-bond acceptors (Lipinski definition) is 5. The van der Waals surface area contributed by atoms with E-state index in [4.69, 9.17) is 4.52 Å². The molecule has 1 saturated heterocycles. The summed E-state index contributed by atoms with van der Waals surface area (Å²) in [6, 6.07) is 0.175. The van der Waals surface area contributed by atoms with Crippen molar-refractivity contribution in [2.45, 2.75) is 32.2 Å². The molecule has 2 heterocycles. The largest absolute Gasteiger partial charge is 0.338 e. The highest BCUT2D eigenvalue weighted by Gasteiger charge is 2.20. The maximum atomic E-state index is 5.26. The zero-order chi connectivity index (χ0) is 10.7. The van der Waals surface area contributed by atoms with Gasteiger partial charge in [-0.1, -0.05) is 6.92 Å². The lowest BCUT2D eigenvalue weighted by molar-refractivity contribution is 0.334. The highest BCUT2D eigenvalue weighted by molar-refractivity contribution is 5.29. The molecule has 0 aliphatic carbocycles. The quantitative estimate of drug-likeness (QED) is 0.812. The minimum absolute atomic E-state index is 0.175. The van der Waals surface area contributed by atoms with E-state index >= 15 is 0 Å². The maximum absolute atomic E-state index is 5.26.